The molecule has 116 valence electrons. The number of benzene rings is 1. The van der Waals surface area contributed by atoms with Crippen LogP contribution in [0.1, 0.15) is 23.0 Å². The molecule has 0 atom stereocenters. The van der Waals surface area contributed by atoms with Gasteiger partial charge in [0.15, 0.2) is 0 Å². The molecule has 2 rings (SSSR count). The van der Waals surface area contributed by atoms with Gasteiger partial charge in [0.1, 0.15) is 5.82 Å². The lowest BCUT2D eigenvalue weighted by Crippen LogP contribution is -2.29. The zero-order valence-electron chi connectivity index (χ0n) is 12.9. The van der Waals surface area contributed by atoms with Gasteiger partial charge in [-0.1, -0.05) is 18.2 Å². The van der Waals surface area contributed by atoms with E-state index in [2.05, 4.69) is 25.9 Å². The van der Waals surface area contributed by atoms with Crippen LogP contribution in [0.5, 0.6) is 0 Å². The van der Waals surface area contributed by atoms with Gasteiger partial charge in [-0.05, 0) is 26.0 Å². The molecular formula is C16H21N5O. The lowest BCUT2D eigenvalue weighted by molar-refractivity contribution is 0.0955. The molecule has 3 N–H and O–H groups in total. The molecule has 1 aromatic heterocycles. The van der Waals surface area contributed by atoms with Gasteiger partial charge < -0.3 is 16.0 Å². The largest absolute Gasteiger partial charge is 0.370 e. The van der Waals surface area contributed by atoms with Gasteiger partial charge in [-0.15, -0.1) is 0 Å². The van der Waals surface area contributed by atoms with Crippen molar-refractivity contribution in [1.29, 1.82) is 0 Å². The van der Waals surface area contributed by atoms with Crippen molar-refractivity contribution < 1.29 is 4.79 Å². The molecule has 6 nitrogen and oxygen atoms in total. The van der Waals surface area contributed by atoms with Gasteiger partial charge in [-0.3, -0.25) is 4.79 Å². The Morgan fingerprint density at radius 2 is 1.86 bits per heavy atom. The van der Waals surface area contributed by atoms with Crippen molar-refractivity contribution in [1.82, 2.24) is 15.3 Å². The molecule has 0 aliphatic rings. The minimum Gasteiger partial charge on any atom is -0.370 e. The SMILES string of the molecule is CCNc1cc(C)nc(NCCNC(=O)c2ccccc2)n1. The number of nitrogens with one attached hydrogen (secondary N) is 3. The molecule has 0 fully saturated rings. The predicted molar refractivity (Wildman–Crippen MR) is 88.2 cm³/mol. The summed E-state index contributed by atoms with van der Waals surface area (Å²) >= 11 is 0. The number of hydrogen-bond acceptors (Lipinski definition) is 5. The molecular weight excluding hydrogens is 278 g/mol. The number of aryl methyl sites for hydroxylation is 1. The molecule has 0 saturated carbocycles. The lowest BCUT2D eigenvalue weighted by atomic mass is 10.2. The molecule has 0 aliphatic heterocycles. The van der Waals surface area contributed by atoms with Crippen LogP contribution in [-0.4, -0.2) is 35.5 Å². The number of carbonyl (C=O) groups is 1. The normalized spacial score (nSPS) is 10.1. The number of carbonyl (C=O) groups excluding carboxylic acids is 1. The number of hydrogen-bond donors (Lipinski definition) is 3. The van der Waals surface area contributed by atoms with Crippen LogP contribution in [0.2, 0.25) is 0 Å². The maximum Gasteiger partial charge on any atom is 0.251 e. The Kier molecular flexibility index (Phi) is 5.71. The highest BCUT2D eigenvalue weighted by Crippen LogP contribution is 2.08. The van der Waals surface area contributed by atoms with Crippen LogP contribution in [-0.2, 0) is 0 Å². The van der Waals surface area contributed by atoms with Crippen LogP contribution in [0.4, 0.5) is 11.8 Å². The van der Waals surface area contributed by atoms with E-state index in [0.29, 0.717) is 24.6 Å². The zero-order valence-corrected chi connectivity index (χ0v) is 12.9. The first kappa shape index (κ1) is 15.8. The second-order valence-electron chi connectivity index (χ2n) is 4.80. The molecule has 2 aromatic rings. The van der Waals surface area contributed by atoms with E-state index in [9.17, 15) is 4.79 Å². The zero-order chi connectivity index (χ0) is 15.8. The molecule has 0 unspecified atom stereocenters. The maximum atomic E-state index is 11.9. The van der Waals surface area contributed by atoms with Crippen molar-refractivity contribution in [3.05, 3.63) is 47.7 Å². The highest BCUT2D eigenvalue weighted by atomic mass is 16.1. The van der Waals surface area contributed by atoms with Crippen LogP contribution in [0, 0.1) is 6.92 Å². The average Bonchev–Trinajstić information content (AvgIpc) is 2.52. The minimum absolute atomic E-state index is 0.0825. The van der Waals surface area contributed by atoms with Crippen molar-refractivity contribution in [2.75, 3.05) is 30.3 Å². The third-order valence-electron chi connectivity index (χ3n) is 2.94. The minimum atomic E-state index is -0.0825. The summed E-state index contributed by atoms with van der Waals surface area (Å²) in [4.78, 5) is 20.5. The summed E-state index contributed by atoms with van der Waals surface area (Å²) in [5, 5.41) is 9.12. The summed E-state index contributed by atoms with van der Waals surface area (Å²) < 4.78 is 0. The summed E-state index contributed by atoms with van der Waals surface area (Å²) in [7, 11) is 0. The summed E-state index contributed by atoms with van der Waals surface area (Å²) in [5.74, 6) is 1.27. The quantitative estimate of drug-likeness (QED) is 0.682. The standard InChI is InChI=1S/C16H21N5O/c1-3-17-14-11-12(2)20-16(21-14)19-10-9-18-15(22)13-7-5-4-6-8-13/h4-8,11H,3,9-10H2,1-2H3,(H,18,22)(H2,17,19,20,21). The molecule has 1 heterocycles. The number of anilines is 2. The van der Waals surface area contributed by atoms with E-state index < -0.39 is 0 Å². The molecule has 0 saturated heterocycles. The lowest BCUT2D eigenvalue weighted by Gasteiger charge is -2.09. The first-order valence-corrected chi connectivity index (χ1v) is 7.35. The van der Waals surface area contributed by atoms with E-state index in [1.807, 2.05) is 38.1 Å². The predicted octanol–water partition coefficient (Wildman–Crippen LogP) is 2.06. The molecule has 0 aliphatic carbocycles. The Balaban J connectivity index is 1.80. The first-order chi connectivity index (χ1) is 10.7. The van der Waals surface area contributed by atoms with Gasteiger partial charge in [-0.25, -0.2) is 4.98 Å². The second-order valence-corrected chi connectivity index (χ2v) is 4.80. The monoisotopic (exact) mass is 299 g/mol. The highest BCUT2D eigenvalue weighted by molar-refractivity contribution is 5.94. The Morgan fingerprint density at radius 3 is 2.59 bits per heavy atom. The van der Waals surface area contributed by atoms with Gasteiger partial charge in [0, 0.05) is 37.0 Å². The van der Waals surface area contributed by atoms with E-state index in [4.69, 9.17) is 0 Å². The summed E-state index contributed by atoms with van der Waals surface area (Å²) in [6.07, 6.45) is 0. The molecule has 6 heteroatoms. The third kappa shape index (κ3) is 4.73. The van der Waals surface area contributed by atoms with E-state index >= 15 is 0 Å². The Hall–Kier alpha value is -2.63. The van der Waals surface area contributed by atoms with Crippen molar-refractivity contribution in [3.63, 3.8) is 0 Å². The van der Waals surface area contributed by atoms with Crippen LogP contribution in [0.25, 0.3) is 0 Å². The van der Waals surface area contributed by atoms with E-state index in [-0.39, 0.29) is 5.91 Å². The number of rotatable bonds is 7. The molecule has 22 heavy (non-hydrogen) atoms. The van der Waals surface area contributed by atoms with Gasteiger partial charge in [-0.2, -0.15) is 4.98 Å². The second kappa shape index (κ2) is 7.97. The van der Waals surface area contributed by atoms with Crippen molar-refractivity contribution in [2.24, 2.45) is 0 Å². The Morgan fingerprint density at radius 1 is 1.09 bits per heavy atom. The van der Waals surface area contributed by atoms with Crippen LogP contribution < -0.4 is 16.0 Å². The third-order valence-corrected chi connectivity index (χ3v) is 2.94. The summed E-state index contributed by atoms with van der Waals surface area (Å²) in [6, 6.07) is 11.0. The van der Waals surface area contributed by atoms with E-state index in [1.165, 1.54) is 0 Å². The average molecular weight is 299 g/mol. The number of nitrogens with zero attached hydrogens (tertiary/aromatic N) is 2. The van der Waals surface area contributed by atoms with Crippen LogP contribution >= 0.6 is 0 Å². The van der Waals surface area contributed by atoms with E-state index in [0.717, 1.165) is 18.1 Å². The summed E-state index contributed by atoms with van der Waals surface area (Å²) in [5.41, 5.74) is 1.55. The van der Waals surface area contributed by atoms with Crippen LogP contribution in [0.3, 0.4) is 0 Å². The first-order valence-electron chi connectivity index (χ1n) is 7.35. The topological polar surface area (TPSA) is 78.9 Å². The van der Waals surface area contributed by atoms with Gasteiger partial charge in [0.05, 0.1) is 0 Å². The molecule has 0 radical (unpaired) electrons. The molecule has 1 amide bonds. The van der Waals surface area contributed by atoms with Crippen LogP contribution in [0.15, 0.2) is 36.4 Å². The van der Waals surface area contributed by atoms with E-state index in [1.54, 1.807) is 12.1 Å². The Bertz CT molecular complexity index is 615. The molecule has 0 spiro atoms. The fraction of sp³-hybridized carbons (Fsp3) is 0.312. The number of aromatic nitrogens is 2. The fourth-order valence-corrected chi connectivity index (χ4v) is 1.96. The summed E-state index contributed by atoms with van der Waals surface area (Å²) in [6.45, 7) is 5.81. The van der Waals surface area contributed by atoms with Crippen molar-refractivity contribution in [3.8, 4) is 0 Å². The van der Waals surface area contributed by atoms with Gasteiger partial charge >= 0.3 is 0 Å². The number of amides is 1. The van der Waals surface area contributed by atoms with Gasteiger partial charge in [0.25, 0.3) is 5.91 Å². The molecule has 1 aromatic carbocycles. The van der Waals surface area contributed by atoms with Crippen molar-refractivity contribution in [2.45, 2.75) is 13.8 Å². The Labute approximate surface area is 130 Å². The van der Waals surface area contributed by atoms with Gasteiger partial charge in [0.2, 0.25) is 5.95 Å². The van der Waals surface area contributed by atoms with Crippen molar-refractivity contribution >= 4 is 17.7 Å². The fourth-order valence-electron chi connectivity index (χ4n) is 1.96. The highest BCUT2D eigenvalue weighted by Gasteiger charge is 2.04. The smallest absolute Gasteiger partial charge is 0.251 e. The maximum absolute atomic E-state index is 11.9. The molecule has 0 bridgehead atoms.